The highest BCUT2D eigenvalue weighted by Crippen LogP contribution is 2.36. The fourth-order valence-electron chi connectivity index (χ4n) is 4.09. The van der Waals surface area contributed by atoms with Gasteiger partial charge in [-0.25, -0.2) is 0 Å². The number of piperidine rings is 1. The fourth-order valence-corrected chi connectivity index (χ4v) is 4.09. The van der Waals surface area contributed by atoms with Crippen molar-refractivity contribution >= 4 is 35.8 Å². The van der Waals surface area contributed by atoms with Gasteiger partial charge in [0.05, 0.1) is 20.3 Å². The zero-order valence-electron chi connectivity index (χ0n) is 17.2. The van der Waals surface area contributed by atoms with Gasteiger partial charge in [0.25, 0.3) is 0 Å². The van der Waals surface area contributed by atoms with Crippen LogP contribution in [0.4, 0.5) is 0 Å². The SMILES string of the molecule is CN=C(NCC(O)c1cc(OC)cc(OC)c1)N1CCCC2(CNC(=O)C2)C1.I. The lowest BCUT2D eigenvalue weighted by Gasteiger charge is -2.41. The van der Waals surface area contributed by atoms with E-state index in [0.29, 0.717) is 30.0 Å². The number of benzene rings is 1. The number of hydrogen-bond acceptors (Lipinski definition) is 5. The molecule has 2 unspecified atom stereocenters. The van der Waals surface area contributed by atoms with E-state index < -0.39 is 6.10 Å². The van der Waals surface area contributed by atoms with Crippen LogP contribution in [0.3, 0.4) is 0 Å². The van der Waals surface area contributed by atoms with Crippen molar-refractivity contribution in [1.82, 2.24) is 15.5 Å². The summed E-state index contributed by atoms with van der Waals surface area (Å²) in [5.74, 6) is 2.14. The number of aliphatic imine (C=N–C) groups is 1. The van der Waals surface area contributed by atoms with Crippen molar-refractivity contribution in [3.05, 3.63) is 23.8 Å². The minimum atomic E-state index is -0.741. The molecule has 2 saturated heterocycles. The average Bonchev–Trinajstić information content (AvgIpc) is 3.07. The summed E-state index contributed by atoms with van der Waals surface area (Å²) in [4.78, 5) is 18.3. The number of ether oxygens (including phenoxy) is 2. The van der Waals surface area contributed by atoms with Gasteiger partial charge in [0, 0.05) is 51.1 Å². The third kappa shape index (κ3) is 5.65. The van der Waals surface area contributed by atoms with Gasteiger partial charge in [-0.05, 0) is 30.5 Å². The lowest BCUT2D eigenvalue weighted by molar-refractivity contribution is -0.119. The molecule has 8 nitrogen and oxygen atoms in total. The van der Waals surface area contributed by atoms with Crippen molar-refractivity contribution < 1.29 is 19.4 Å². The van der Waals surface area contributed by atoms with Gasteiger partial charge in [-0.2, -0.15) is 0 Å². The number of methoxy groups -OCH3 is 2. The number of nitrogens with zero attached hydrogens (tertiary/aromatic N) is 2. The third-order valence-electron chi connectivity index (χ3n) is 5.58. The van der Waals surface area contributed by atoms with Crippen molar-refractivity contribution in [2.75, 3.05) is 47.4 Å². The van der Waals surface area contributed by atoms with Gasteiger partial charge < -0.3 is 30.1 Å². The maximum atomic E-state index is 11.7. The molecule has 1 amide bonds. The zero-order chi connectivity index (χ0) is 20.1. The molecule has 2 aliphatic rings. The van der Waals surface area contributed by atoms with Gasteiger partial charge >= 0.3 is 0 Å². The molecule has 2 aliphatic heterocycles. The van der Waals surface area contributed by atoms with Gasteiger partial charge in [-0.1, -0.05) is 0 Å². The number of guanidine groups is 1. The van der Waals surface area contributed by atoms with E-state index >= 15 is 0 Å². The van der Waals surface area contributed by atoms with Gasteiger partial charge in [0.1, 0.15) is 11.5 Å². The number of rotatable bonds is 5. The van der Waals surface area contributed by atoms with Crippen LogP contribution in [0.2, 0.25) is 0 Å². The van der Waals surface area contributed by atoms with Crippen LogP contribution in [0.25, 0.3) is 0 Å². The van der Waals surface area contributed by atoms with Crippen LogP contribution in [-0.2, 0) is 4.79 Å². The summed E-state index contributed by atoms with van der Waals surface area (Å²) in [6.07, 6.45) is 1.90. The van der Waals surface area contributed by atoms with Crippen LogP contribution in [-0.4, -0.2) is 69.3 Å². The number of nitrogens with one attached hydrogen (secondary N) is 2. The Kier molecular flexibility index (Phi) is 8.38. The highest BCUT2D eigenvalue weighted by Gasteiger charge is 2.42. The third-order valence-corrected chi connectivity index (χ3v) is 5.58. The maximum absolute atomic E-state index is 11.7. The molecule has 0 radical (unpaired) electrons. The number of carbonyl (C=O) groups excluding carboxylic acids is 1. The topological polar surface area (TPSA) is 95.4 Å². The maximum Gasteiger partial charge on any atom is 0.220 e. The first kappa shape index (κ1) is 23.5. The number of carbonyl (C=O) groups is 1. The number of amides is 1. The number of aliphatic hydroxyl groups excluding tert-OH is 1. The number of hydrogen-bond donors (Lipinski definition) is 3. The van der Waals surface area contributed by atoms with Crippen LogP contribution in [0, 0.1) is 5.41 Å². The second-order valence-electron chi connectivity index (χ2n) is 7.57. The monoisotopic (exact) mass is 518 g/mol. The first-order chi connectivity index (χ1) is 13.5. The lowest BCUT2D eigenvalue weighted by atomic mass is 9.79. The van der Waals surface area contributed by atoms with Crippen LogP contribution >= 0.6 is 24.0 Å². The molecule has 29 heavy (non-hydrogen) atoms. The molecule has 2 atom stereocenters. The van der Waals surface area contributed by atoms with Gasteiger partial charge in [0.2, 0.25) is 5.91 Å². The van der Waals surface area contributed by atoms with E-state index in [-0.39, 0.29) is 35.3 Å². The van der Waals surface area contributed by atoms with Gasteiger partial charge in [0.15, 0.2) is 5.96 Å². The largest absolute Gasteiger partial charge is 0.497 e. The molecule has 3 rings (SSSR count). The van der Waals surface area contributed by atoms with Crippen molar-refractivity contribution in [3.8, 4) is 11.5 Å². The van der Waals surface area contributed by atoms with Crippen molar-refractivity contribution in [2.24, 2.45) is 10.4 Å². The lowest BCUT2D eigenvalue weighted by Crippen LogP contribution is -2.51. The quantitative estimate of drug-likeness (QED) is 0.311. The second-order valence-corrected chi connectivity index (χ2v) is 7.57. The normalized spacial score (nSPS) is 22.7. The molecule has 1 spiro atoms. The van der Waals surface area contributed by atoms with E-state index in [0.717, 1.165) is 38.4 Å². The summed E-state index contributed by atoms with van der Waals surface area (Å²) >= 11 is 0. The minimum absolute atomic E-state index is 0. The van der Waals surface area contributed by atoms with Crippen LogP contribution in [0.15, 0.2) is 23.2 Å². The predicted octanol–water partition coefficient (Wildman–Crippen LogP) is 1.53. The molecule has 3 N–H and O–H groups in total. The highest BCUT2D eigenvalue weighted by atomic mass is 127. The molecule has 1 aromatic carbocycles. The number of aliphatic hydroxyl groups is 1. The Morgan fingerprint density at radius 2 is 2.03 bits per heavy atom. The average molecular weight is 518 g/mol. The Hall–Kier alpha value is -1.75. The van der Waals surface area contributed by atoms with E-state index in [2.05, 4.69) is 20.5 Å². The van der Waals surface area contributed by atoms with Gasteiger partial charge in [-0.15, -0.1) is 24.0 Å². The molecule has 0 aliphatic carbocycles. The Morgan fingerprint density at radius 3 is 2.59 bits per heavy atom. The summed E-state index contributed by atoms with van der Waals surface area (Å²) in [5, 5.41) is 16.9. The molecule has 0 saturated carbocycles. The molecule has 162 valence electrons. The fraction of sp³-hybridized carbons (Fsp3) is 0.600. The van der Waals surface area contributed by atoms with Crippen molar-refractivity contribution in [2.45, 2.75) is 25.4 Å². The van der Waals surface area contributed by atoms with E-state index in [1.54, 1.807) is 39.5 Å². The van der Waals surface area contributed by atoms with Crippen molar-refractivity contribution in [1.29, 1.82) is 0 Å². The molecule has 2 fully saturated rings. The summed E-state index contributed by atoms with van der Waals surface area (Å²) in [7, 11) is 4.91. The van der Waals surface area contributed by atoms with Crippen molar-refractivity contribution in [3.63, 3.8) is 0 Å². The summed E-state index contributed by atoms with van der Waals surface area (Å²) in [6, 6.07) is 5.36. The summed E-state index contributed by atoms with van der Waals surface area (Å²) in [5.41, 5.74) is 0.700. The van der Waals surface area contributed by atoms with E-state index in [9.17, 15) is 9.90 Å². The molecule has 9 heteroatoms. The summed E-state index contributed by atoms with van der Waals surface area (Å²) in [6.45, 7) is 2.71. The molecular weight excluding hydrogens is 487 g/mol. The molecule has 1 aromatic rings. The smallest absolute Gasteiger partial charge is 0.220 e. The molecular formula is C20H31IN4O4. The highest BCUT2D eigenvalue weighted by molar-refractivity contribution is 14.0. The number of halogens is 1. The first-order valence-corrected chi connectivity index (χ1v) is 9.62. The van der Waals surface area contributed by atoms with Crippen LogP contribution < -0.4 is 20.1 Å². The van der Waals surface area contributed by atoms with Crippen LogP contribution in [0.1, 0.15) is 30.9 Å². The Morgan fingerprint density at radius 1 is 1.34 bits per heavy atom. The number of likely N-dealkylation sites (tertiary alicyclic amines) is 1. The summed E-state index contributed by atoms with van der Waals surface area (Å²) < 4.78 is 10.5. The van der Waals surface area contributed by atoms with E-state index in [4.69, 9.17) is 9.47 Å². The van der Waals surface area contributed by atoms with E-state index in [1.807, 2.05) is 0 Å². The molecule has 0 bridgehead atoms. The molecule has 0 aromatic heterocycles. The van der Waals surface area contributed by atoms with Gasteiger partial charge in [-0.3, -0.25) is 9.79 Å². The standard InChI is InChI=1S/C20H30N4O4.HI/c1-21-19(24-6-4-5-20(13-24)10-18(26)23-12-20)22-11-17(25)14-7-15(27-2)9-16(8-14)28-3;/h7-9,17,25H,4-6,10-13H2,1-3H3,(H,21,22)(H,23,26);1H. The Balaban J connectivity index is 0.00000300. The Bertz CT molecular complexity index is 723. The minimum Gasteiger partial charge on any atom is -0.497 e. The first-order valence-electron chi connectivity index (χ1n) is 9.62. The van der Waals surface area contributed by atoms with E-state index in [1.165, 1.54) is 0 Å². The Labute approximate surface area is 189 Å². The van der Waals surface area contributed by atoms with Crippen LogP contribution in [0.5, 0.6) is 11.5 Å². The molecule has 2 heterocycles. The second kappa shape index (κ2) is 10.3. The zero-order valence-corrected chi connectivity index (χ0v) is 19.6. The predicted molar refractivity (Wildman–Crippen MR) is 122 cm³/mol.